The zero-order chi connectivity index (χ0) is 28.3. The van der Waals surface area contributed by atoms with Gasteiger partial charge in [0, 0.05) is 6.20 Å². The molecule has 0 spiro atoms. The predicted octanol–water partition coefficient (Wildman–Crippen LogP) is 5.28. The maximum atomic E-state index is 13.6. The summed E-state index contributed by atoms with van der Waals surface area (Å²) in [5.41, 5.74) is 4.82. The molecular weight excluding hydrogens is 528 g/mol. The summed E-state index contributed by atoms with van der Waals surface area (Å²) in [6.45, 7) is 5.66. The zero-order valence-electron chi connectivity index (χ0n) is 22.1. The van der Waals surface area contributed by atoms with Crippen LogP contribution in [0.5, 0.6) is 0 Å². The number of fused-ring (bicyclic) bond motifs is 2. The normalized spacial score (nSPS) is 16.8. The molecule has 1 amide bonds. The number of ether oxygens (including phenoxy) is 1. The number of pyridine rings is 1. The molecule has 1 aliphatic heterocycles. The number of hydrogen-bond donors (Lipinski definition) is 1. The van der Waals surface area contributed by atoms with Gasteiger partial charge in [-0.15, -0.1) is 0 Å². The number of carbonyl (C=O) groups is 3. The van der Waals surface area contributed by atoms with Crippen molar-refractivity contribution in [3.8, 4) is 0 Å². The van der Waals surface area contributed by atoms with Crippen LogP contribution >= 0.6 is 11.3 Å². The number of esters is 1. The van der Waals surface area contributed by atoms with Crippen LogP contribution in [0.2, 0.25) is 0 Å². The van der Waals surface area contributed by atoms with Crippen molar-refractivity contribution >= 4 is 55.8 Å². The van der Waals surface area contributed by atoms with Gasteiger partial charge in [0.2, 0.25) is 0 Å². The lowest BCUT2D eigenvalue weighted by molar-refractivity contribution is -0.132. The van der Waals surface area contributed by atoms with Crippen LogP contribution in [0.15, 0.2) is 66.4 Å². The summed E-state index contributed by atoms with van der Waals surface area (Å²) in [5.74, 6) is -2.54. The summed E-state index contributed by atoms with van der Waals surface area (Å²) >= 11 is 1.29. The SMILES string of the molecule is COC(=O)c1ccc(C2/C(=C(\O)c3nc4c(C)cccn4c3C)C(=O)C(=O)N2c2nc3ccc(C)cc3s2)cc1. The van der Waals surface area contributed by atoms with E-state index in [-0.39, 0.29) is 17.0 Å². The molecule has 40 heavy (non-hydrogen) atoms. The van der Waals surface area contributed by atoms with Gasteiger partial charge in [0.05, 0.1) is 40.2 Å². The van der Waals surface area contributed by atoms with Gasteiger partial charge < -0.3 is 14.2 Å². The fourth-order valence-electron chi connectivity index (χ4n) is 5.06. The van der Waals surface area contributed by atoms with Gasteiger partial charge in [-0.25, -0.2) is 14.8 Å². The lowest BCUT2D eigenvalue weighted by Crippen LogP contribution is -2.29. The number of aryl methyl sites for hydroxylation is 3. The minimum Gasteiger partial charge on any atom is -0.505 e. The number of hydrogen-bond acceptors (Lipinski definition) is 8. The van der Waals surface area contributed by atoms with E-state index in [0.717, 1.165) is 15.8 Å². The van der Waals surface area contributed by atoms with Crippen molar-refractivity contribution < 1.29 is 24.2 Å². The molecule has 200 valence electrons. The number of methoxy groups -OCH3 is 1. The Kier molecular flexibility index (Phi) is 5.99. The highest BCUT2D eigenvalue weighted by Crippen LogP contribution is 2.44. The van der Waals surface area contributed by atoms with Crippen molar-refractivity contribution in [2.75, 3.05) is 12.0 Å². The summed E-state index contributed by atoms with van der Waals surface area (Å²) < 4.78 is 7.51. The third kappa shape index (κ3) is 3.87. The first kappa shape index (κ1) is 25.4. The van der Waals surface area contributed by atoms with E-state index in [2.05, 4.69) is 9.97 Å². The number of nitrogens with zero attached hydrogens (tertiary/aromatic N) is 4. The number of carbonyl (C=O) groups excluding carboxylic acids is 3. The Labute approximate surface area is 233 Å². The molecule has 0 aliphatic carbocycles. The molecule has 1 fully saturated rings. The van der Waals surface area contributed by atoms with Gasteiger partial charge >= 0.3 is 11.9 Å². The van der Waals surface area contributed by atoms with Gasteiger partial charge in [-0.3, -0.25) is 14.5 Å². The van der Waals surface area contributed by atoms with Gasteiger partial charge in [0.15, 0.2) is 10.9 Å². The van der Waals surface area contributed by atoms with E-state index in [4.69, 9.17) is 4.74 Å². The standard InChI is InChI=1S/C30H24N4O5S/c1-15-7-12-20-21(14-15)40-30(31-20)34-24(18-8-10-19(11-9-18)29(38)39-4)22(26(36)28(34)37)25(35)23-17(3)33-13-5-6-16(2)27(33)32-23/h5-14,24,35H,1-4H3/b25-22+. The van der Waals surface area contributed by atoms with Crippen molar-refractivity contribution in [3.05, 3.63) is 100 Å². The van der Waals surface area contributed by atoms with Crippen molar-refractivity contribution in [2.45, 2.75) is 26.8 Å². The number of amides is 1. The largest absolute Gasteiger partial charge is 0.505 e. The molecule has 1 N–H and O–H groups in total. The Morgan fingerprint density at radius 3 is 2.48 bits per heavy atom. The molecule has 10 heteroatoms. The van der Waals surface area contributed by atoms with Crippen molar-refractivity contribution in [3.63, 3.8) is 0 Å². The summed E-state index contributed by atoms with van der Waals surface area (Å²) in [5, 5.41) is 12.0. The molecule has 0 saturated carbocycles. The lowest BCUT2D eigenvalue weighted by atomic mass is 9.95. The average molecular weight is 553 g/mol. The van der Waals surface area contributed by atoms with E-state index < -0.39 is 23.7 Å². The molecule has 1 unspecified atom stereocenters. The Morgan fingerprint density at radius 1 is 1.02 bits per heavy atom. The first-order valence-electron chi connectivity index (χ1n) is 12.5. The molecule has 1 saturated heterocycles. The van der Waals surface area contributed by atoms with E-state index >= 15 is 0 Å². The number of rotatable bonds is 4. The number of aliphatic hydroxyl groups is 1. The summed E-state index contributed by atoms with van der Waals surface area (Å²) in [6, 6.07) is 14.9. The first-order chi connectivity index (χ1) is 19.2. The number of benzene rings is 2. The summed E-state index contributed by atoms with van der Waals surface area (Å²) in [6.07, 6.45) is 1.83. The van der Waals surface area contributed by atoms with Crippen LogP contribution in [0.1, 0.15) is 44.5 Å². The minimum absolute atomic E-state index is 0.101. The second-order valence-corrected chi connectivity index (χ2v) is 10.7. The lowest BCUT2D eigenvalue weighted by Gasteiger charge is -2.23. The quantitative estimate of drug-likeness (QED) is 0.140. The molecule has 2 aromatic carbocycles. The Morgan fingerprint density at radius 2 is 1.77 bits per heavy atom. The zero-order valence-corrected chi connectivity index (χ0v) is 22.9. The van der Waals surface area contributed by atoms with Gasteiger partial charge in [-0.05, 0) is 67.8 Å². The van der Waals surface area contributed by atoms with Crippen LogP contribution in [-0.2, 0) is 14.3 Å². The van der Waals surface area contributed by atoms with E-state index in [9.17, 15) is 19.5 Å². The summed E-state index contributed by atoms with van der Waals surface area (Å²) in [4.78, 5) is 49.9. The molecule has 0 bridgehead atoms. The second-order valence-electron chi connectivity index (χ2n) is 9.68. The minimum atomic E-state index is -1.00. The van der Waals surface area contributed by atoms with Crippen LogP contribution in [0.25, 0.3) is 21.6 Å². The van der Waals surface area contributed by atoms with Crippen molar-refractivity contribution in [1.82, 2.24) is 14.4 Å². The number of imidazole rings is 1. The maximum Gasteiger partial charge on any atom is 0.337 e. The fourth-order valence-corrected chi connectivity index (χ4v) is 6.15. The number of aromatic nitrogens is 3. The Balaban J connectivity index is 1.58. The average Bonchev–Trinajstić information content (AvgIpc) is 3.60. The Bertz CT molecular complexity index is 1900. The van der Waals surface area contributed by atoms with Gasteiger partial charge in [-0.1, -0.05) is 35.6 Å². The van der Waals surface area contributed by atoms with Gasteiger partial charge in [0.1, 0.15) is 11.3 Å². The Hall–Kier alpha value is -4.83. The maximum absolute atomic E-state index is 13.6. The highest BCUT2D eigenvalue weighted by molar-refractivity contribution is 7.22. The van der Waals surface area contributed by atoms with E-state index in [0.29, 0.717) is 33.1 Å². The number of aliphatic hydroxyl groups excluding tert-OH is 1. The number of anilines is 1. The molecule has 1 atom stereocenters. The first-order valence-corrected chi connectivity index (χ1v) is 13.3. The van der Waals surface area contributed by atoms with Gasteiger partial charge in [0.25, 0.3) is 5.78 Å². The topological polar surface area (TPSA) is 114 Å². The number of ketones is 1. The third-order valence-electron chi connectivity index (χ3n) is 7.14. The fraction of sp³-hybridized carbons (Fsp3) is 0.167. The monoisotopic (exact) mass is 552 g/mol. The predicted molar refractivity (Wildman–Crippen MR) is 152 cm³/mol. The number of thiazole rings is 1. The van der Waals surface area contributed by atoms with Gasteiger partial charge in [-0.2, -0.15) is 0 Å². The third-order valence-corrected chi connectivity index (χ3v) is 8.16. The second kappa shape index (κ2) is 9.42. The van der Waals surface area contributed by atoms with Crippen molar-refractivity contribution in [2.24, 2.45) is 0 Å². The van der Waals surface area contributed by atoms with E-state index in [1.165, 1.54) is 23.3 Å². The van der Waals surface area contributed by atoms with E-state index in [1.807, 2.05) is 54.8 Å². The van der Waals surface area contributed by atoms with Crippen LogP contribution in [0, 0.1) is 20.8 Å². The van der Waals surface area contributed by atoms with Crippen LogP contribution in [0.4, 0.5) is 5.13 Å². The molecule has 6 rings (SSSR count). The molecule has 1 aliphatic rings. The van der Waals surface area contributed by atoms with E-state index in [1.54, 1.807) is 31.2 Å². The molecule has 3 aromatic heterocycles. The molecule has 5 aromatic rings. The highest BCUT2D eigenvalue weighted by atomic mass is 32.1. The summed E-state index contributed by atoms with van der Waals surface area (Å²) in [7, 11) is 1.29. The molecule has 9 nitrogen and oxygen atoms in total. The molecular formula is C30H24N4O5S. The number of Topliss-reactive ketones (excluding diaryl/α,β-unsaturated/α-hetero) is 1. The van der Waals surface area contributed by atoms with Crippen LogP contribution < -0.4 is 4.90 Å². The molecule has 4 heterocycles. The smallest absolute Gasteiger partial charge is 0.337 e. The highest BCUT2D eigenvalue weighted by Gasteiger charge is 2.48. The molecule has 0 radical (unpaired) electrons. The van der Waals surface area contributed by atoms with Crippen LogP contribution in [0.3, 0.4) is 0 Å². The van der Waals surface area contributed by atoms with Crippen LogP contribution in [-0.4, -0.2) is 44.2 Å². The van der Waals surface area contributed by atoms with Crippen molar-refractivity contribution in [1.29, 1.82) is 0 Å².